The highest BCUT2D eigenvalue weighted by Gasteiger charge is 2.45. The van der Waals surface area contributed by atoms with Gasteiger partial charge in [-0.1, -0.05) is 13.0 Å². The number of hydrogen-bond donors (Lipinski definition) is 2. The summed E-state index contributed by atoms with van der Waals surface area (Å²) in [5.41, 5.74) is 4.62. The van der Waals surface area contributed by atoms with Crippen LogP contribution in [0, 0.1) is 0 Å². The summed E-state index contributed by atoms with van der Waals surface area (Å²) in [6, 6.07) is 11.3. The molecule has 0 atom stereocenters. The molecule has 5 nitrogen and oxygen atoms in total. The van der Waals surface area contributed by atoms with Gasteiger partial charge in [-0.05, 0) is 49.1 Å². The van der Waals surface area contributed by atoms with Crippen molar-refractivity contribution in [1.29, 1.82) is 0 Å². The van der Waals surface area contributed by atoms with E-state index in [0.29, 0.717) is 6.42 Å². The molecule has 1 aromatic carbocycles. The van der Waals surface area contributed by atoms with Gasteiger partial charge in [-0.15, -0.1) is 0 Å². The Morgan fingerprint density at radius 3 is 2.77 bits per heavy atom. The summed E-state index contributed by atoms with van der Waals surface area (Å²) >= 11 is 0. The van der Waals surface area contributed by atoms with Crippen molar-refractivity contribution < 1.29 is 14.6 Å². The Morgan fingerprint density at radius 2 is 2.12 bits per heavy atom. The molecule has 2 aromatic heterocycles. The van der Waals surface area contributed by atoms with E-state index < -0.39 is 5.97 Å². The van der Waals surface area contributed by atoms with Crippen LogP contribution >= 0.6 is 0 Å². The molecule has 0 saturated heterocycles. The van der Waals surface area contributed by atoms with E-state index in [2.05, 4.69) is 23.0 Å². The first-order valence-corrected chi connectivity index (χ1v) is 8.94. The Kier molecular flexibility index (Phi) is 3.94. The second kappa shape index (κ2) is 6.16. The molecule has 26 heavy (non-hydrogen) atoms. The van der Waals surface area contributed by atoms with Gasteiger partial charge in [0.1, 0.15) is 11.4 Å². The number of aromatic amines is 1. The van der Waals surface area contributed by atoms with Gasteiger partial charge in [0.2, 0.25) is 0 Å². The second-order valence-electron chi connectivity index (χ2n) is 7.02. The smallest absolute Gasteiger partial charge is 0.354 e. The third kappa shape index (κ3) is 2.73. The van der Waals surface area contributed by atoms with Crippen LogP contribution in [0.4, 0.5) is 0 Å². The highest BCUT2D eigenvalue weighted by atomic mass is 16.5. The number of carboxylic acids is 1. The molecule has 0 unspecified atom stereocenters. The lowest BCUT2D eigenvalue weighted by atomic mass is 9.92. The number of pyridine rings is 1. The maximum Gasteiger partial charge on any atom is 0.354 e. The summed E-state index contributed by atoms with van der Waals surface area (Å²) in [4.78, 5) is 19.2. The van der Waals surface area contributed by atoms with Crippen LogP contribution in [0.2, 0.25) is 0 Å². The molecule has 1 aliphatic rings. The zero-order valence-electron chi connectivity index (χ0n) is 15.0. The fourth-order valence-corrected chi connectivity index (χ4v) is 3.81. The minimum atomic E-state index is -0.997. The van der Waals surface area contributed by atoms with Gasteiger partial charge in [-0.3, -0.25) is 0 Å². The molecule has 4 rings (SSSR count). The molecule has 0 aliphatic heterocycles. The van der Waals surface area contributed by atoms with Crippen LogP contribution in [0.3, 0.4) is 0 Å². The van der Waals surface area contributed by atoms with Gasteiger partial charge in [0.25, 0.3) is 0 Å². The summed E-state index contributed by atoms with van der Waals surface area (Å²) in [5.74, 6) is -0.174. The Labute approximate surface area is 152 Å². The molecule has 2 N–H and O–H groups in total. The fraction of sp³-hybridized carbons (Fsp3) is 0.333. The SMILES string of the molecule is CCC1(c2[nH]c3cc(OC)ccc3c2Cc2cccc(C(=O)O)n2)CC1. The van der Waals surface area contributed by atoms with Crippen molar-refractivity contribution in [3.63, 3.8) is 0 Å². The number of fused-ring (bicyclic) bond motifs is 1. The lowest BCUT2D eigenvalue weighted by molar-refractivity contribution is 0.0690. The van der Waals surface area contributed by atoms with Gasteiger partial charge in [0, 0.05) is 40.2 Å². The monoisotopic (exact) mass is 350 g/mol. The molecule has 3 aromatic rings. The molecule has 5 heteroatoms. The van der Waals surface area contributed by atoms with Gasteiger partial charge >= 0.3 is 5.97 Å². The number of aromatic nitrogens is 2. The van der Waals surface area contributed by atoms with Crippen LogP contribution in [0.1, 0.15) is 53.6 Å². The van der Waals surface area contributed by atoms with E-state index >= 15 is 0 Å². The summed E-state index contributed by atoms with van der Waals surface area (Å²) in [6.45, 7) is 2.23. The molecule has 134 valence electrons. The maximum atomic E-state index is 11.2. The van der Waals surface area contributed by atoms with Gasteiger partial charge in [0.05, 0.1) is 7.11 Å². The minimum Gasteiger partial charge on any atom is -0.497 e. The van der Waals surface area contributed by atoms with Crippen molar-refractivity contribution >= 4 is 16.9 Å². The number of hydrogen-bond acceptors (Lipinski definition) is 3. The van der Waals surface area contributed by atoms with Crippen molar-refractivity contribution in [2.75, 3.05) is 7.11 Å². The number of benzene rings is 1. The van der Waals surface area contributed by atoms with E-state index in [1.54, 1.807) is 13.2 Å². The Morgan fingerprint density at radius 1 is 1.31 bits per heavy atom. The number of carboxylic acid groups (broad SMARTS) is 1. The average molecular weight is 350 g/mol. The number of methoxy groups -OCH3 is 1. The van der Waals surface area contributed by atoms with Gasteiger partial charge in [-0.2, -0.15) is 0 Å². The number of carbonyl (C=O) groups is 1. The molecule has 0 bridgehead atoms. The van der Waals surface area contributed by atoms with E-state index in [4.69, 9.17) is 4.74 Å². The van der Waals surface area contributed by atoms with E-state index in [1.807, 2.05) is 18.2 Å². The third-order valence-corrected chi connectivity index (χ3v) is 5.56. The van der Waals surface area contributed by atoms with Crippen LogP contribution < -0.4 is 4.74 Å². The van der Waals surface area contributed by atoms with E-state index in [9.17, 15) is 9.90 Å². The van der Waals surface area contributed by atoms with Gasteiger partial charge in [0.15, 0.2) is 0 Å². The topological polar surface area (TPSA) is 75.2 Å². The maximum absolute atomic E-state index is 11.2. The zero-order chi connectivity index (χ0) is 18.3. The summed E-state index contributed by atoms with van der Waals surface area (Å²) < 4.78 is 5.36. The van der Waals surface area contributed by atoms with Crippen molar-refractivity contribution in [2.24, 2.45) is 0 Å². The first-order chi connectivity index (χ1) is 12.6. The Hall–Kier alpha value is -2.82. The fourth-order valence-electron chi connectivity index (χ4n) is 3.81. The van der Waals surface area contributed by atoms with Crippen molar-refractivity contribution in [2.45, 2.75) is 38.0 Å². The molecule has 1 fully saturated rings. The molecule has 2 heterocycles. The van der Waals surface area contributed by atoms with Crippen LogP contribution in [0.15, 0.2) is 36.4 Å². The standard InChI is InChI=1S/C21H22N2O3/c1-3-21(9-10-21)19-16(11-13-5-4-6-17(22-13)20(24)25)15-8-7-14(26-2)12-18(15)23-19/h4-8,12,23H,3,9-11H2,1-2H3,(H,24,25). The number of rotatable bonds is 6. The first kappa shape index (κ1) is 16.6. The van der Waals surface area contributed by atoms with Crippen molar-refractivity contribution in [3.8, 4) is 5.75 Å². The number of nitrogens with one attached hydrogen (secondary N) is 1. The van der Waals surface area contributed by atoms with Crippen molar-refractivity contribution in [3.05, 3.63) is 59.0 Å². The average Bonchev–Trinajstić information content (AvgIpc) is 3.38. The Bertz CT molecular complexity index is 986. The minimum absolute atomic E-state index is 0.0854. The van der Waals surface area contributed by atoms with E-state index in [-0.39, 0.29) is 11.1 Å². The van der Waals surface area contributed by atoms with Crippen molar-refractivity contribution in [1.82, 2.24) is 9.97 Å². The van der Waals surface area contributed by atoms with Crippen LogP contribution in [-0.2, 0) is 11.8 Å². The number of aromatic carboxylic acids is 1. The number of H-pyrrole nitrogens is 1. The zero-order valence-corrected chi connectivity index (χ0v) is 15.0. The number of nitrogens with zero attached hydrogens (tertiary/aromatic N) is 1. The molecule has 0 radical (unpaired) electrons. The molecule has 0 spiro atoms. The van der Waals surface area contributed by atoms with Crippen LogP contribution in [-0.4, -0.2) is 28.2 Å². The van der Waals surface area contributed by atoms with Crippen LogP contribution in [0.5, 0.6) is 5.75 Å². The Balaban J connectivity index is 1.83. The lowest BCUT2D eigenvalue weighted by Crippen LogP contribution is -2.09. The highest BCUT2D eigenvalue weighted by molar-refractivity contribution is 5.87. The normalized spacial score (nSPS) is 15.2. The molecular formula is C21H22N2O3. The third-order valence-electron chi connectivity index (χ3n) is 5.56. The quantitative estimate of drug-likeness (QED) is 0.695. The molecule has 1 saturated carbocycles. The molecule has 0 amide bonds. The van der Waals surface area contributed by atoms with Gasteiger partial charge < -0.3 is 14.8 Å². The predicted molar refractivity (Wildman–Crippen MR) is 100 cm³/mol. The predicted octanol–water partition coefficient (Wildman–Crippen LogP) is 4.30. The first-order valence-electron chi connectivity index (χ1n) is 8.94. The largest absolute Gasteiger partial charge is 0.497 e. The summed E-state index contributed by atoms with van der Waals surface area (Å²) in [6.07, 6.45) is 4.07. The highest BCUT2D eigenvalue weighted by Crippen LogP contribution is 2.53. The van der Waals surface area contributed by atoms with E-state index in [1.165, 1.54) is 30.2 Å². The summed E-state index contributed by atoms with van der Waals surface area (Å²) in [5, 5.41) is 10.4. The molecule has 1 aliphatic carbocycles. The molecular weight excluding hydrogens is 328 g/mol. The number of ether oxygens (including phenoxy) is 1. The second-order valence-corrected chi connectivity index (χ2v) is 7.02. The lowest BCUT2D eigenvalue weighted by Gasteiger charge is -2.14. The van der Waals surface area contributed by atoms with E-state index in [0.717, 1.165) is 28.8 Å². The summed E-state index contributed by atoms with van der Waals surface area (Å²) in [7, 11) is 1.67. The van der Waals surface area contributed by atoms with Crippen LogP contribution in [0.25, 0.3) is 10.9 Å². The van der Waals surface area contributed by atoms with Gasteiger partial charge in [-0.25, -0.2) is 9.78 Å².